The Balaban J connectivity index is 1.76. The van der Waals surface area contributed by atoms with Gasteiger partial charge in [0.05, 0.1) is 0 Å². The van der Waals surface area contributed by atoms with E-state index < -0.39 is 0 Å². The van der Waals surface area contributed by atoms with E-state index in [2.05, 4.69) is 43.0 Å². The predicted octanol–water partition coefficient (Wildman–Crippen LogP) is 3.75. The largest absolute Gasteiger partial charge is 0.298 e. The second-order valence-corrected chi connectivity index (χ2v) is 6.97. The first-order chi connectivity index (χ1) is 8.17. The van der Waals surface area contributed by atoms with E-state index in [0.717, 1.165) is 5.92 Å². The number of thioether (sulfide) groups is 1. The van der Waals surface area contributed by atoms with E-state index in [1.807, 2.05) is 11.8 Å². The van der Waals surface area contributed by atoms with Gasteiger partial charge in [0.2, 0.25) is 0 Å². The van der Waals surface area contributed by atoms with E-state index in [1.165, 1.54) is 36.6 Å². The van der Waals surface area contributed by atoms with Crippen LogP contribution < -0.4 is 0 Å². The first kappa shape index (κ1) is 11.6. The molecule has 1 atom stereocenters. The number of hydrogen-bond acceptors (Lipinski definition) is 2. The fraction of sp³-hybridized carbons (Fsp3) is 0.600. The van der Waals surface area contributed by atoms with Gasteiger partial charge in [0, 0.05) is 28.6 Å². The molecule has 1 saturated heterocycles. The summed E-state index contributed by atoms with van der Waals surface area (Å²) in [5, 5.41) is 0. The standard InChI is InChI=1S/C15H21NS/c1-15(2)8-5-9-16(15)10-12-11-17-14-7-4-3-6-13(12)14/h3-4,6-7,12H,5,8-11H2,1-2H3. The predicted molar refractivity (Wildman–Crippen MR) is 74.8 cm³/mol. The minimum atomic E-state index is 0.419. The Hall–Kier alpha value is -0.470. The normalized spacial score (nSPS) is 27.3. The van der Waals surface area contributed by atoms with Crippen molar-refractivity contribution >= 4 is 11.8 Å². The van der Waals surface area contributed by atoms with Crippen molar-refractivity contribution in [1.29, 1.82) is 0 Å². The molecule has 0 saturated carbocycles. The van der Waals surface area contributed by atoms with Crippen molar-refractivity contribution in [2.24, 2.45) is 0 Å². The van der Waals surface area contributed by atoms with Gasteiger partial charge in [-0.15, -0.1) is 11.8 Å². The molecule has 1 aromatic rings. The molecule has 0 amide bonds. The van der Waals surface area contributed by atoms with Crippen LogP contribution in [0.15, 0.2) is 29.2 Å². The molecule has 92 valence electrons. The van der Waals surface area contributed by atoms with E-state index in [-0.39, 0.29) is 0 Å². The van der Waals surface area contributed by atoms with Crippen LogP contribution in [-0.2, 0) is 0 Å². The molecule has 17 heavy (non-hydrogen) atoms. The second-order valence-electron chi connectivity index (χ2n) is 5.91. The SMILES string of the molecule is CC1(C)CCCN1CC1CSc2ccccc21. The van der Waals surface area contributed by atoms with Gasteiger partial charge in [-0.05, 0) is 44.9 Å². The van der Waals surface area contributed by atoms with Crippen LogP contribution in [-0.4, -0.2) is 29.3 Å². The number of rotatable bonds is 2. The molecule has 2 heterocycles. The maximum atomic E-state index is 2.69. The summed E-state index contributed by atoms with van der Waals surface area (Å²) < 4.78 is 0. The molecule has 0 bridgehead atoms. The van der Waals surface area contributed by atoms with Crippen LogP contribution in [0.2, 0.25) is 0 Å². The van der Waals surface area contributed by atoms with Crippen LogP contribution in [0.3, 0.4) is 0 Å². The third-order valence-corrected chi connectivity index (χ3v) is 5.56. The lowest BCUT2D eigenvalue weighted by Crippen LogP contribution is -2.40. The first-order valence-electron chi connectivity index (χ1n) is 6.63. The van der Waals surface area contributed by atoms with E-state index >= 15 is 0 Å². The summed E-state index contributed by atoms with van der Waals surface area (Å²) in [6.07, 6.45) is 2.73. The lowest BCUT2D eigenvalue weighted by molar-refractivity contribution is 0.167. The third-order valence-electron chi connectivity index (χ3n) is 4.31. The topological polar surface area (TPSA) is 3.24 Å². The molecule has 1 fully saturated rings. The van der Waals surface area contributed by atoms with Crippen LogP contribution in [0.4, 0.5) is 0 Å². The van der Waals surface area contributed by atoms with Gasteiger partial charge in [0.15, 0.2) is 0 Å². The summed E-state index contributed by atoms with van der Waals surface area (Å²) in [6, 6.07) is 8.94. The molecule has 0 spiro atoms. The van der Waals surface area contributed by atoms with Crippen molar-refractivity contribution in [3.8, 4) is 0 Å². The zero-order chi connectivity index (χ0) is 11.9. The lowest BCUT2D eigenvalue weighted by atomic mass is 9.97. The van der Waals surface area contributed by atoms with Crippen molar-refractivity contribution in [3.63, 3.8) is 0 Å². The van der Waals surface area contributed by atoms with E-state index in [4.69, 9.17) is 0 Å². The molecule has 0 N–H and O–H groups in total. The van der Waals surface area contributed by atoms with Gasteiger partial charge < -0.3 is 0 Å². The summed E-state index contributed by atoms with van der Waals surface area (Å²) in [5.41, 5.74) is 2.00. The zero-order valence-corrected chi connectivity index (χ0v) is 11.6. The molecular weight excluding hydrogens is 226 g/mol. The van der Waals surface area contributed by atoms with E-state index in [0.29, 0.717) is 5.54 Å². The maximum absolute atomic E-state index is 2.69. The highest BCUT2D eigenvalue weighted by Gasteiger charge is 2.35. The fourth-order valence-electron chi connectivity index (χ4n) is 3.15. The molecular formula is C15H21NS. The third kappa shape index (κ3) is 2.13. The number of nitrogens with zero attached hydrogens (tertiary/aromatic N) is 1. The lowest BCUT2D eigenvalue weighted by Gasteiger charge is -2.33. The highest BCUT2D eigenvalue weighted by atomic mass is 32.2. The molecule has 0 aromatic heterocycles. The molecule has 1 nitrogen and oxygen atoms in total. The molecule has 2 heteroatoms. The Kier molecular flexibility index (Phi) is 2.95. The summed E-state index contributed by atoms with van der Waals surface area (Å²) in [7, 11) is 0. The average molecular weight is 247 g/mol. The molecule has 0 radical (unpaired) electrons. The minimum Gasteiger partial charge on any atom is -0.298 e. The van der Waals surface area contributed by atoms with Gasteiger partial charge in [-0.3, -0.25) is 4.90 Å². The molecule has 2 aliphatic heterocycles. The average Bonchev–Trinajstić information content (AvgIpc) is 2.85. The van der Waals surface area contributed by atoms with E-state index in [9.17, 15) is 0 Å². The van der Waals surface area contributed by atoms with Crippen molar-refractivity contribution in [2.45, 2.75) is 43.0 Å². The highest BCUT2D eigenvalue weighted by molar-refractivity contribution is 7.99. The van der Waals surface area contributed by atoms with Crippen LogP contribution in [0.5, 0.6) is 0 Å². The van der Waals surface area contributed by atoms with Gasteiger partial charge in [-0.1, -0.05) is 18.2 Å². The Labute approximate surface area is 109 Å². The van der Waals surface area contributed by atoms with Gasteiger partial charge >= 0.3 is 0 Å². The zero-order valence-electron chi connectivity index (χ0n) is 10.8. The van der Waals surface area contributed by atoms with E-state index in [1.54, 1.807) is 5.56 Å². The van der Waals surface area contributed by atoms with Gasteiger partial charge in [-0.2, -0.15) is 0 Å². The van der Waals surface area contributed by atoms with Crippen molar-refractivity contribution in [1.82, 2.24) is 4.90 Å². The Morgan fingerprint density at radius 1 is 1.35 bits per heavy atom. The van der Waals surface area contributed by atoms with Gasteiger partial charge in [0.25, 0.3) is 0 Å². The van der Waals surface area contributed by atoms with Crippen LogP contribution in [0.25, 0.3) is 0 Å². The summed E-state index contributed by atoms with van der Waals surface area (Å²) in [6.45, 7) is 7.33. The smallest absolute Gasteiger partial charge is 0.0153 e. The van der Waals surface area contributed by atoms with Crippen molar-refractivity contribution < 1.29 is 0 Å². The van der Waals surface area contributed by atoms with Gasteiger partial charge in [-0.25, -0.2) is 0 Å². The summed E-state index contributed by atoms with van der Waals surface area (Å²) in [5.74, 6) is 2.01. The number of likely N-dealkylation sites (tertiary alicyclic amines) is 1. The van der Waals surface area contributed by atoms with Crippen LogP contribution in [0.1, 0.15) is 38.2 Å². The second kappa shape index (κ2) is 4.33. The fourth-order valence-corrected chi connectivity index (χ4v) is 4.39. The van der Waals surface area contributed by atoms with Crippen LogP contribution >= 0.6 is 11.8 Å². The molecule has 3 rings (SSSR count). The number of benzene rings is 1. The monoisotopic (exact) mass is 247 g/mol. The Morgan fingerprint density at radius 3 is 2.94 bits per heavy atom. The maximum Gasteiger partial charge on any atom is 0.0153 e. The van der Waals surface area contributed by atoms with Crippen LogP contribution in [0, 0.1) is 0 Å². The summed E-state index contributed by atoms with van der Waals surface area (Å²) >= 11 is 2.03. The summed E-state index contributed by atoms with van der Waals surface area (Å²) in [4.78, 5) is 4.20. The number of hydrogen-bond donors (Lipinski definition) is 0. The minimum absolute atomic E-state index is 0.419. The quantitative estimate of drug-likeness (QED) is 0.783. The first-order valence-corrected chi connectivity index (χ1v) is 7.62. The van der Waals surface area contributed by atoms with Crippen molar-refractivity contribution in [3.05, 3.63) is 29.8 Å². The molecule has 0 aliphatic carbocycles. The molecule has 2 aliphatic rings. The number of fused-ring (bicyclic) bond motifs is 1. The van der Waals surface area contributed by atoms with Crippen molar-refractivity contribution in [2.75, 3.05) is 18.8 Å². The molecule has 1 aromatic carbocycles. The molecule has 1 unspecified atom stereocenters. The Bertz CT molecular complexity index is 413. The highest BCUT2D eigenvalue weighted by Crippen LogP contribution is 2.41. The van der Waals surface area contributed by atoms with Gasteiger partial charge in [0.1, 0.15) is 0 Å². The Morgan fingerprint density at radius 2 is 2.18 bits per heavy atom.